The van der Waals surface area contributed by atoms with Crippen molar-refractivity contribution < 1.29 is 9.66 Å². The molecule has 0 amide bonds. The summed E-state index contributed by atoms with van der Waals surface area (Å²) in [4.78, 5) is 14.9. The first-order valence-electron chi connectivity index (χ1n) is 6.13. The summed E-state index contributed by atoms with van der Waals surface area (Å²) < 4.78 is 6.59. The van der Waals surface area contributed by atoms with Gasteiger partial charge in [0.25, 0.3) is 0 Å². The minimum Gasteiger partial charge on any atom is -0.482 e. The van der Waals surface area contributed by atoms with E-state index in [1.807, 2.05) is 6.07 Å². The zero-order valence-electron chi connectivity index (χ0n) is 10.2. The van der Waals surface area contributed by atoms with Gasteiger partial charge >= 0.3 is 5.69 Å². The Morgan fingerprint density at radius 3 is 3.16 bits per heavy atom. The molecule has 2 aromatic rings. The lowest BCUT2D eigenvalue weighted by Crippen LogP contribution is -2.37. The molecule has 1 aromatic heterocycles. The second-order valence-electron chi connectivity index (χ2n) is 4.45. The third-order valence-electron chi connectivity index (χ3n) is 3.17. The molecule has 1 fully saturated rings. The van der Waals surface area contributed by atoms with E-state index in [2.05, 4.69) is 10.3 Å². The molecule has 0 spiro atoms. The zero-order chi connectivity index (χ0) is 13.2. The average Bonchev–Trinajstić information content (AvgIpc) is 2.87. The molecule has 0 bridgehead atoms. The van der Waals surface area contributed by atoms with Crippen LogP contribution in [0.25, 0.3) is 10.2 Å². The van der Waals surface area contributed by atoms with Gasteiger partial charge < -0.3 is 10.1 Å². The second-order valence-corrected chi connectivity index (χ2v) is 5.34. The molecule has 6 nitrogen and oxygen atoms in total. The Morgan fingerprint density at radius 2 is 2.42 bits per heavy atom. The summed E-state index contributed by atoms with van der Waals surface area (Å²) in [7, 11) is 0. The van der Waals surface area contributed by atoms with Crippen molar-refractivity contribution in [1.29, 1.82) is 0 Å². The summed E-state index contributed by atoms with van der Waals surface area (Å²) in [5, 5.41) is 14.5. The highest BCUT2D eigenvalue weighted by molar-refractivity contribution is 7.16. The molecule has 1 aromatic carbocycles. The van der Waals surface area contributed by atoms with Crippen molar-refractivity contribution in [2.45, 2.75) is 18.9 Å². The van der Waals surface area contributed by atoms with Gasteiger partial charge in [0.15, 0.2) is 11.3 Å². The van der Waals surface area contributed by atoms with Crippen LogP contribution in [0.2, 0.25) is 0 Å². The number of nitrogens with zero attached hydrogens (tertiary/aromatic N) is 2. The fraction of sp³-hybridized carbons (Fsp3) is 0.417. The van der Waals surface area contributed by atoms with Crippen molar-refractivity contribution in [3.63, 3.8) is 0 Å². The number of nitro benzene ring substituents is 1. The van der Waals surface area contributed by atoms with Crippen LogP contribution in [0.1, 0.15) is 12.8 Å². The lowest BCUT2D eigenvalue weighted by Gasteiger charge is -2.23. The highest BCUT2D eigenvalue weighted by Crippen LogP contribution is 2.36. The first kappa shape index (κ1) is 12.3. The molecular formula is C12H13N3O3S. The molecule has 7 heteroatoms. The normalized spacial score (nSPS) is 19.5. The summed E-state index contributed by atoms with van der Waals surface area (Å²) in [5.74, 6) is 0.317. The van der Waals surface area contributed by atoms with Gasteiger partial charge in [-0.05, 0) is 31.5 Å². The fourth-order valence-corrected chi connectivity index (χ4v) is 2.95. The van der Waals surface area contributed by atoms with E-state index in [0.717, 1.165) is 30.6 Å². The number of nitrogens with one attached hydrogen (secondary N) is 1. The molecule has 0 radical (unpaired) electrons. The summed E-state index contributed by atoms with van der Waals surface area (Å²) in [5.41, 5.74) is 2.00. The van der Waals surface area contributed by atoms with Gasteiger partial charge in [0.1, 0.15) is 6.10 Å². The predicted molar refractivity (Wildman–Crippen MR) is 72.8 cm³/mol. The molecule has 3 rings (SSSR count). The molecule has 1 aliphatic heterocycles. The predicted octanol–water partition coefficient (Wildman–Crippen LogP) is 2.34. The van der Waals surface area contributed by atoms with E-state index < -0.39 is 4.92 Å². The summed E-state index contributed by atoms with van der Waals surface area (Å²) >= 11 is 1.39. The van der Waals surface area contributed by atoms with E-state index in [1.165, 1.54) is 11.3 Å². The van der Waals surface area contributed by atoms with Gasteiger partial charge in [-0.3, -0.25) is 10.1 Å². The quantitative estimate of drug-likeness (QED) is 0.689. The van der Waals surface area contributed by atoms with E-state index in [0.29, 0.717) is 11.3 Å². The molecule has 1 aliphatic rings. The highest BCUT2D eigenvalue weighted by atomic mass is 32.1. The van der Waals surface area contributed by atoms with E-state index >= 15 is 0 Å². The van der Waals surface area contributed by atoms with Crippen LogP contribution in [0.5, 0.6) is 5.75 Å². The molecule has 0 saturated carbocycles. The van der Waals surface area contributed by atoms with Crippen molar-refractivity contribution in [3.05, 3.63) is 27.8 Å². The Hall–Kier alpha value is -1.73. The van der Waals surface area contributed by atoms with Crippen molar-refractivity contribution in [1.82, 2.24) is 10.3 Å². The lowest BCUT2D eigenvalue weighted by atomic mass is 10.1. The number of rotatable bonds is 3. The van der Waals surface area contributed by atoms with Crippen LogP contribution < -0.4 is 10.1 Å². The highest BCUT2D eigenvalue weighted by Gasteiger charge is 2.25. The van der Waals surface area contributed by atoms with Gasteiger partial charge in [0.2, 0.25) is 0 Å². The lowest BCUT2D eigenvalue weighted by molar-refractivity contribution is -0.384. The van der Waals surface area contributed by atoms with Crippen LogP contribution in [0.15, 0.2) is 17.6 Å². The molecule has 1 atom stereocenters. The van der Waals surface area contributed by atoms with Gasteiger partial charge in [-0.1, -0.05) is 0 Å². The minimum absolute atomic E-state index is 0.0106. The van der Waals surface area contributed by atoms with E-state index in [4.69, 9.17) is 4.74 Å². The van der Waals surface area contributed by atoms with Gasteiger partial charge in [0, 0.05) is 6.54 Å². The van der Waals surface area contributed by atoms with Gasteiger partial charge in [-0.15, -0.1) is 11.3 Å². The smallest absolute Gasteiger partial charge is 0.337 e. The molecule has 2 heterocycles. The number of hydrogen-bond acceptors (Lipinski definition) is 6. The third kappa shape index (κ3) is 2.39. The number of thiazole rings is 1. The molecule has 19 heavy (non-hydrogen) atoms. The molecule has 1 saturated heterocycles. The monoisotopic (exact) mass is 279 g/mol. The molecular weight excluding hydrogens is 266 g/mol. The Kier molecular flexibility index (Phi) is 3.31. The maximum Gasteiger partial charge on any atom is 0.337 e. The number of ether oxygens (including phenoxy) is 1. The van der Waals surface area contributed by atoms with E-state index in [9.17, 15) is 10.1 Å². The van der Waals surface area contributed by atoms with Crippen LogP contribution in [0.4, 0.5) is 5.69 Å². The van der Waals surface area contributed by atoms with Crippen LogP contribution in [0.3, 0.4) is 0 Å². The zero-order valence-corrected chi connectivity index (χ0v) is 11.0. The summed E-state index contributed by atoms with van der Waals surface area (Å²) in [6, 6.07) is 3.50. The van der Waals surface area contributed by atoms with Gasteiger partial charge in [-0.2, -0.15) is 0 Å². The minimum atomic E-state index is -0.409. The van der Waals surface area contributed by atoms with Crippen LogP contribution >= 0.6 is 11.3 Å². The standard InChI is InChI=1S/C12H13N3O3S/c16-15(17)12-9(18-8-2-1-5-13-6-8)3-4-10-11(12)14-7-19-10/h3-4,7-8,13H,1-2,5-6H2. The first-order chi connectivity index (χ1) is 9.25. The number of aromatic nitrogens is 1. The summed E-state index contributed by atoms with van der Waals surface area (Å²) in [6.45, 7) is 1.71. The van der Waals surface area contributed by atoms with Crippen molar-refractivity contribution in [2.75, 3.05) is 13.1 Å². The number of hydrogen-bond donors (Lipinski definition) is 1. The Balaban J connectivity index is 1.97. The molecule has 100 valence electrons. The SMILES string of the molecule is O=[N+]([O-])c1c(OC2CCCNC2)ccc2scnc12. The van der Waals surface area contributed by atoms with E-state index in [1.54, 1.807) is 11.6 Å². The van der Waals surface area contributed by atoms with Crippen molar-refractivity contribution in [2.24, 2.45) is 0 Å². The fourth-order valence-electron chi connectivity index (χ4n) is 2.27. The number of nitro groups is 1. The Labute approximate surface area is 113 Å². The van der Waals surface area contributed by atoms with Crippen LogP contribution in [-0.4, -0.2) is 29.1 Å². The van der Waals surface area contributed by atoms with E-state index in [-0.39, 0.29) is 11.8 Å². The van der Waals surface area contributed by atoms with Crippen LogP contribution in [-0.2, 0) is 0 Å². The van der Waals surface area contributed by atoms with Gasteiger partial charge in [0.05, 0.1) is 15.1 Å². The van der Waals surface area contributed by atoms with Crippen molar-refractivity contribution in [3.8, 4) is 5.75 Å². The topological polar surface area (TPSA) is 77.3 Å². The van der Waals surface area contributed by atoms with Crippen molar-refractivity contribution >= 4 is 27.2 Å². The summed E-state index contributed by atoms with van der Waals surface area (Å²) in [6.07, 6.45) is 1.93. The molecule has 0 aliphatic carbocycles. The first-order valence-corrected chi connectivity index (χ1v) is 7.01. The maximum absolute atomic E-state index is 11.2. The Bertz CT molecular complexity index is 607. The molecule has 1 unspecified atom stereocenters. The maximum atomic E-state index is 11.2. The Morgan fingerprint density at radius 1 is 1.53 bits per heavy atom. The third-order valence-corrected chi connectivity index (χ3v) is 3.96. The second kappa shape index (κ2) is 5.10. The van der Waals surface area contributed by atoms with Crippen LogP contribution in [0, 0.1) is 10.1 Å². The number of fused-ring (bicyclic) bond motifs is 1. The largest absolute Gasteiger partial charge is 0.482 e. The van der Waals surface area contributed by atoms with Gasteiger partial charge in [-0.25, -0.2) is 4.98 Å². The average molecular weight is 279 g/mol. The number of piperidine rings is 1. The number of benzene rings is 1. The molecule has 1 N–H and O–H groups in total.